The van der Waals surface area contributed by atoms with Gasteiger partial charge in [0.05, 0.1) is 23.1 Å². The van der Waals surface area contributed by atoms with Crippen LogP contribution in [0.3, 0.4) is 0 Å². The minimum Gasteiger partial charge on any atom is -0.319 e. The Bertz CT molecular complexity index is 1340. The van der Waals surface area contributed by atoms with Crippen molar-refractivity contribution in [1.82, 2.24) is 18.1 Å². The Hall–Kier alpha value is -3.17. The van der Waals surface area contributed by atoms with Gasteiger partial charge in [0.25, 0.3) is 5.91 Å². The van der Waals surface area contributed by atoms with E-state index in [1.165, 1.54) is 23.5 Å². The van der Waals surface area contributed by atoms with Crippen molar-refractivity contribution in [2.75, 3.05) is 5.32 Å². The molecular weight excluding hydrogens is 397 g/mol. The largest absolute Gasteiger partial charge is 0.319 e. The third kappa shape index (κ3) is 2.76. The molecule has 6 nitrogen and oxygen atoms in total. The van der Waals surface area contributed by atoms with Crippen LogP contribution in [0.4, 0.5) is 10.1 Å². The van der Waals surface area contributed by atoms with E-state index in [1.807, 2.05) is 35.7 Å². The zero-order valence-corrected chi connectivity index (χ0v) is 16.1. The molecule has 0 fully saturated rings. The van der Waals surface area contributed by atoms with Gasteiger partial charge in [0, 0.05) is 17.5 Å². The van der Waals surface area contributed by atoms with Crippen LogP contribution in [-0.2, 0) is 0 Å². The van der Waals surface area contributed by atoms with Gasteiger partial charge in [0.2, 0.25) is 0 Å². The van der Waals surface area contributed by atoms with Crippen molar-refractivity contribution < 1.29 is 9.18 Å². The van der Waals surface area contributed by atoms with E-state index in [0.717, 1.165) is 34.2 Å². The van der Waals surface area contributed by atoms with Crippen molar-refractivity contribution in [3.63, 3.8) is 0 Å². The summed E-state index contributed by atoms with van der Waals surface area (Å²) < 4.78 is 23.4. The molecule has 0 aliphatic heterocycles. The van der Waals surface area contributed by atoms with Gasteiger partial charge in [0.1, 0.15) is 21.7 Å². The monoisotopic (exact) mass is 409 g/mol. The number of aryl methyl sites for hydroxylation is 1. The van der Waals surface area contributed by atoms with E-state index in [1.54, 1.807) is 12.1 Å². The fourth-order valence-electron chi connectivity index (χ4n) is 3.01. The van der Waals surface area contributed by atoms with Crippen LogP contribution in [0, 0.1) is 12.7 Å². The molecular formula is C19H12FN5OS2. The molecule has 0 aliphatic rings. The Morgan fingerprint density at radius 1 is 1.14 bits per heavy atom. The molecule has 0 saturated carbocycles. The lowest BCUT2D eigenvalue weighted by molar-refractivity contribution is 0.103. The highest BCUT2D eigenvalue weighted by Gasteiger charge is 2.19. The number of hydrogen-bond acceptors (Lipinski definition) is 6. The first-order valence-corrected chi connectivity index (χ1v) is 9.92. The Labute approximate surface area is 166 Å². The number of benzene rings is 2. The molecule has 9 heteroatoms. The normalized spacial score (nSPS) is 11.4. The molecule has 3 heterocycles. The molecule has 0 saturated heterocycles. The molecule has 2 aromatic carbocycles. The van der Waals surface area contributed by atoms with Crippen molar-refractivity contribution in [3.05, 3.63) is 65.0 Å². The number of fused-ring (bicyclic) bond motifs is 2. The van der Waals surface area contributed by atoms with Crippen LogP contribution in [0.15, 0.2) is 48.7 Å². The molecule has 0 unspecified atom stereocenters. The van der Waals surface area contributed by atoms with Gasteiger partial charge >= 0.3 is 0 Å². The van der Waals surface area contributed by atoms with Gasteiger partial charge in [-0.05, 0) is 43.3 Å². The maximum atomic E-state index is 13.1. The zero-order valence-electron chi connectivity index (χ0n) is 14.5. The highest BCUT2D eigenvalue weighted by Crippen LogP contribution is 2.29. The minimum absolute atomic E-state index is 0.211. The third-order valence-corrected chi connectivity index (χ3v) is 6.14. The van der Waals surface area contributed by atoms with Crippen LogP contribution in [-0.4, -0.2) is 24.0 Å². The molecule has 0 spiro atoms. The molecule has 1 N–H and O–H groups in total. The van der Waals surface area contributed by atoms with Gasteiger partial charge in [-0.2, -0.15) is 8.75 Å². The first-order chi connectivity index (χ1) is 13.6. The quantitative estimate of drug-likeness (QED) is 0.466. The SMILES string of the molecule is Cc1c(C(=O)Nc2cccc3nsnc23)sc2nc(-c3ccc(F)cc3)cn12. The van der Waals surface area contributed by atoms with Crippen molar-refractivity contribution >= 4 is 50.7 Å². The number of aromatic nitrogens is 4. The highest BCUT2D eigenvalue weighted by atomic mass is 32.1. The predicted molar refractivity (Wildman–Crippen MR) is 109 cm³/mol. The van der Waals surface area contributed by atoms with Crippen molar-refractivity contribution in [2.24, 2.45) is 0 Å². The van der Waals surface area contributed by atoms with Crippen molar-refractivity contribution in [1.29, 1.82) is 0 Å². The predicted octanol–water partition coefficient (Wildman–Crippen LogP) is 4.77. The average Bonchev–Trinajstić information content (AvgIpc) is 3.39. The Kier molecular flexibility index (Phi) is 3.92. The fraction of sp³-hybridized carbons (Fsp3) is 0.0526. The smallest absolute Gasteiger partial charge is 0.267 e. The maximum absolute atomic E-state index is 13.1. The van der Waals surface area contributed by atoms with Gasteiger partial charge in [-0.15, -0.1) is 0 Å². The summed E-state index contributed by atoms with van der Waals surface area (Å²) in [5.74, 6) is -0.498. The fourth-order valence-corrected chi connectivity index (χ4v) is 4.56. The summed E-state index contributed by atoms with van der Waals surface area (Å²) in [4.78, 5) is 18.7. The number of carbonyl (C=O) groups excluding carboxylic acids is 1. The molecule has 28 heavy (non-hydrogen) atoms. The standard InChI is InChI=1S/C19H12FN5OS2/c1-10-17(18(26)21-13-3-2-4-14-16(13)24-28-23-14)27-19-22-15(9-25(10)19)11-5-7-12(20)8-6-11/h2-9H,1H3,(H,21,26). The second-order valence-corrected chi connectivity index (χ2v) is 7.70. The molecule has 5 aromatic rings. The van der Waals surface area contributed by atoms with Crippen LogP contribution in [0.2, 0.25) is 0 Å². The maximum Gasteiger partial charge on any atom is 0.267 e. The zero-order chi connectivity index (χ0) is 19.3. The second kappa shape index (κ2) is 6.47. The molecule has 0 atom stereocenters. The van der Waals surface area contributed by atoms with E-state index < -0.39 is 0 Å². The van der Waals surface area contributed by atoms with Crippen LogP contribution >= 0.6 is 23.1 Å². The second-order valence-electron chi connectivity index (χ2n) is 6.19. The van der Waals surface area contributed by atoms with E-state index in [9.17, 15) is 9.18 Å². The van der Waals surface area contributed by atoms with E-state index >= 15 is 0 Å². The molecule has 5 rings (SSSR count). The number of nitrogens with zero attached hydrogens (tertiary/aromatic N) is 4. The average molecular weight is 409 g/mol. The molecule has 1 amide bonds. The lowest BCUT2D eigenvalue weighted by Gasteiger charge is -2.04. The van der Waals surface area contributed by atoms with Gasteiger partial charge in [0.15, 0.2) is 4.96 Å². The lowest BCUT2D eigenvalue weighted by atomic mass is 10.2. The van der Waals surface area contributed by atoms with Crippen LogP contribution in [0.1, 0.15) is 15.4 Å². The van der Waals surface area contributed by atoms with Crippen LogP contribution in [0.25, 0.3) is 27.3 Å². The van der Waals surface area contributed by atoms with Crippen molar-refractivity contribution in [2.45, 2.75) is 6.92 Å². The number of carbonyl (C=O) groups is 1. The Morgan fingerprint density at radius 2 is 1.96 bits per heavy atom. The topological polar surface area (TPSA) is 72.2 Å². The van der Waals surface area contributed by atoms with Crippen molar-refractivity contribution in [3.8, 4) is 11.3 Å². The molecule has 0 radical (unpaired) electrons. The number of imidazole rings is 1. The van der Waals surface area contributed by atoms with Gasteiger partial charge in [-0.25, -0.2) is 9.37 Å². The van der Waals surface area contributed by atoms with Crippen LogP contribution < -0.4 is 5.32 Å². The van der Waals surface area contributed by atoms with Gasteiger partial charge in [-0.1, -0.05) is 17.4 Å². The number of anilines is 1. The summed E-state index contributed by atoms with van der Waals surface area (Å²) >= 11 is 2.42. The highest BCUT2D eigenvalue weighted by molar-refractivity contribution is 7.19. The lowest BCUT2D eigenvalue weighted by Crippen LogP contribution is -2.12. The van der Waals surface area contributed by atoms with Crippen LogP contribution in [0.5, 0.6) is 0 Å². The first-order valence-electron chi connectivity index (χ1n) is 8.37. The van der Waals surface area contributed by atoms with Gasteiger partial charge in [-0.3, -0.25) is 9.20 Å². The number of thiazole rings is 1. The van der Waals surface area contributed by atoms with E-state index in [-0.39, 0.29) is 11.7 Å². The molecule has 0 bridgehead atoms. The number of halogens is 1. The molecule has 0 aliphatic carbocycles. The molecule has 138 valence electrons. The molecule has 3 aromatic heterocycles. The van der Waals surface area contributed by atoms with Gasteiger partial charge < -0.3 is 5.32 Å². The number of hydrogen-bond donors (Lipinski definition) is 1. The summed E-state index contributed by atoms with van der Waals surface area (Å²) in [5, 5.41) is 2.92. The van der Waals surface area contributed by atoms with E-state index in [0.29, 0.717) is 21.0 Å². The summed E-state index contributed by atoms with van der Waals surface area (Å²) in [6.45, 7) is 1.87. The minimum atomic E-state index is -0.287. The Balaban J connectivity index is 1.48. The summed E-state index contributed by atoms with van der Waals surface area (Å²) in [6, 6.07) is 11.7. The number of nitrogens with one attached hydrogen (secondary N) is 1. The summed E-state index contributed by atoms with van der Waals surface area (Å²) in [5.41, 5.74) is 4.42. The first kappa shape index (κ1) is 17.0. The summed E-state index contributed by atoms with van der Waals surface area (Å²) in [7, 11) is 0. The summed E-state index contributed by atoms with van der Waals surface area (Å²) in [6.07, 6.45) is 1.86. The third-order valence-electron chi connectivity index (χ3n) is 4.44. The Morgan fingerprint density at radius 3 is 2.75 bits per heavy atom. The van der Waals surface area contributed by atoms with E-state index in [2.05, 4.69) is 19.0 Å². The number of rotatable bonds is 3. The van der Waals surface area contributed by atoms with E-state index in [4.69, 9.17) is 0 Å². The number of amides is 1.